The largest absolute Gasteiger partial charge is 0.497 e. The smallest absolute Gasteiger partial charge is 0.141 e. The van der Waals surface area contributed by atoms with Gasteiger partial charge in [-0.3, -0.25) is 4.90 Å². The van der Waals surface area contributed by atoms with Gasteiger partial charge in [-0.05, 0) is 42.0 Å². The lowest BCUT2D eigenvalue weighted by molar-refractivity contribution is -0.0348. The summed E-state index contributed by atoms with van der Waals surface area (Å²) in [6.45, 7) is 3.08. The molecule has 1 saturated heterocycles. The van der Waals surface area contributed by atoms with Crippen molar-refractivity contribution in [1.82, 2.24) is 19.4 Å². The van der Waals surface area contributed by atoms with Crippen LogP contribution in [0, 0.1) is 5.82 Å². The molecule has 0 amide bonds. The number of nitrogens with zero attached hydrogens (tertiary/aromatic N) is 4. The highest BCUT2D eigenvalue weighted by atomic mass is 19.1. The second kappa shape index (κ2) is 9.17. The Labute approximate surface area is 191 Å². The Hall–Kier alpha value is -3.49. The summed E-state index contributed by atoms with van der Waals surface area (Å²) < 4.78 is 26.7. The lowest BCUT2D eigenvalue weighted by Gasteiger charge is -2.32. The monoisotopic (exact) mass is 447 g/mol. The summed E-state index contributed by atoms with van der Waals surface area (Å²) >= 11 is 0. The number of anilines is 2. The molecular formula is C25H26FN5O2. The molecule has 4 aromatic rings. The van der Waals surface area contributed by atoms with Gasteiger partial charge >= 0.3 is 0 Å². The quantitative estimate of drug-likeness (QED) is 0.472. The molecule has 0 spiro atoms. The van der Waals surface area contributed by atoms with Crippen molar-refractivity contribution in [3.8, 4) is 5.75 Å². The molecule has 170 valence electrons. The van der Waals surface area contributed by atoms with E-state index in [1.807, 2.05) is 24.3 Å². The van der Waals surface area contributed by atoms with Gasteiger partial charge in [0.25, 0.3) is 0 Å². The van der Waals surface area contributed by atoms with Crippen LogP contribution in [0.15, 0.2) is 60.9 Å². The van der Waals surface area contributed by atoms with E-state index in [2.05, 4.69) is 45.1 Å². The number of aryl methyl sites for hydroxylation is 1. The van der Waals surface area contributed by atoms with Crippen LogP contribution in [-0.2, 0) is 18.3 Å². The maximum Gasteiger partial charge on any atom is 0.141 e. The van der Waals surface area contributed by atoms with Crippen LogP contribution in [0.2, 0.25) is 0 Å². The third-order valence-electron chi connectivity index (χ3n) is 5.91. The fourth-order valence-corrected chi connectivity index (χ4v) is 4.25. The summed E-state index contributed by atoms with van der Waals surface area (Å²) in [5.41, 5.74) is 3.29. The van der Waals surface area contributed by atoms with Crippen molar-refractivity contribution in [3.63, 3.8) is 0 Å². The molecule has 1 aromatic carbocycles. The number of benzene rings is 1. The predicted octanol–water partition coefficient (Wildman–Crippen LogP) is 4.43. The number of nitrogens with one attached hydrogen (secondary N) is 1. The van der Waals surface area contributed by atoms with Gasteiger partial charge in [-0.1, -0.05) is 6.07 Å². The van der Waals surface area contributed by atoms with E-state index in [4.69, 9.17) is 14.5 Å². The summed E-state index contributed by atoms with van der Waals surface area (Å²) in [6.07, 6.45) is 3.24. The van der Waals surface area contributed by atoms with Crippen LogP contribution in [0.3, 0.4) is 0 Å². The van der Waals surface area contributed by atoms with Gasteiger partial charge in [0, 0.05) is 44.3 Å². The second-order valence-corrected chi connectivity index (χ2v) is 8.18. The zero-order valence-corrected chi connectivity index (χ0v) is 18.7. The zero-order chi connectivity index (χ0) is 22.8. The molecule has 0 bridgehead atoms. The molecule has 0 unspecified atom stereocenters. The van der Waals surface area contributed by atoms with Crippen molar-refractivity contribution >= 4 is 22.5 Å². The number of aromatic nitrogens is 3. The van der Waals surface area contributed by atoms with E-state index in [0.29, 0.717) is 18.2 Å². The minimum absolute atomic E-state index is 0.128. The zero-order valence-electron chi connectivity index (χ0n) is 18.7. The first-order valence-corrected chi connectivity index (χ1v) is 10.9. The number of halogens is 1. The van der Waals surface area contributed by atoms with Crippen molar-refractivity contribution in [3.05, 3.63) is 78.0 Å². The fourth-order valence-electron chi connectivity index (χ4n) is 4.25. The van der Waals surface area contributed by atoms with Crippen LogP contribution < -0.4 is 10.1 Å². The van der Waals surface area contributed by atoms with Crippen LogP contribution in [0.25, 0.3) is 10.9 Å². The summed E-state index contributed by atoms with van der Waals surface area (Å²) in [6, 6.07) is 14.9. The number of morpholine rings is 1. The lowest BCUT2D eigenvalue weighted by Crippen LogP contribution is -2.38. The maximum absolute atomic E-state index is 13.1. The van der Waals surface area contributed by atoms with E-state index in [1.165, 1.54) is 23.2 Å². The highest BCUT2D eigenvalue weighted by Gasteiger charge is 2.24. The molecule has 4 heterocycles. The minimum atomic E-state index is -0.372. The van der Waals surface area contributed by atoms with Gasteiger partial charge < -0.3 is 19.4 Å². The van der Waals surface area contributed by atoms with Crippen molar-refractivity contribution in [2.75, 3.05) is 32.1 Å². The van der Waals surface area contributed by atoms with E-state index in [-0.39, 0.29) is 11.9 Å². The highest BCUT2D eigenvalue weighted by molar-refractivity contribution is 5.85. The number of pyridine rings is 2. The third kappa shape index (κ3) is 4.67. The maximum atomic E-state index is 13.1. The van der Waals surface area contributed by atoms with Gasteiger partial charge in [-0.25, -0.2) is 14.4 Å². The topological polar surface area (TPSA) is 64.4 Å². The summed E-state index contributed by atoms with van der Waals surface area (Å²) in [5.74, 6) is 1.68. The molecule has 1 aliphatic rings. The molecule has 33 heavy (non-hydrogen) atoms. The van der Waals surface area contributed by atoms with Gasteiger partial charge in [-0.2, -0.15) is 0 Å². The Morgan fingerprint density at radius 2 is 2.09 bits per heavy atom. The minimum Gasteiger partial charge on any atom is -0.497 e. The SMILES string of the molecule is COc1ccc2c(CN3CCO[C@H](c4cccc(Nc5ccc(F)cn5)n4)C3)cn(C)c2c1. The van der Waals surface area contributed by atoms with Gasteiger partial charge in [0.05, 0.1) is 31.1 Å². The molecular weight excluding hydrogens is 421 g/mol. The van der Waals surface area contributed by atoms with E-state index >= 15 is 0 Å². The molecule has 0 aliphatic carbocycles. The summed E-state index contributed by atoms with van der Waals surface area (Å²) in [5, 5.41) is 4.36. The van der Waals surface area contributed by atoms with Crippen LogP contribution in [0.1, 0.15) is 17.4 Å². The molecule has 8 heteroatoms. The Balaban J connectivity index is 1.30. The predicted molar refractivity (Wildman–Crippen MR) is 125 cm³/mol. The van der Waals surface area contributed by atoms with Crippen molar-refractivity contribution in [1.29, 1.82) is 0 Å². The number of rotatable bonds is 6. The van der Waals surface area contributed by atoms with Crippen molar-refractivity contribution < 1.29 is 13.9 Å². The Morgan fingerprint density at radius 3 is 2.91 bits per heavy atom. The molecule has 1 fully saturated rings. The van der Waals surface area contributed by atoms with Crippen LogP contribution in [0.5, 0.6) is 5.75 Å². The molecule has 0 radical (unpaired) electrons. The van der Waals surface area contributed by atoms with Gasteiger partial charge in [0.1, 0.15) is 29.3 Å². The molecule has 1 aliphatic heterocycles. The van der Waals surface area contributed by atoms with E-state index in [9.17, 15) is 4.39 Å². The normalized spacial score (nSPS) is 16.8. The van der Waals surface area contributed by atoms with Gasteiger partial charge in [0.2, 0.25) is 0 Å². The molecule has 1 atom stereocenters. The molecule has 0 saturated carbocycles. The summed E-state index contributed by atoms with van der Waals surface area (Å²) in [4.78, 5) is 11.2. The number of hydrogen-bond donors (Lipinski definition) is 1. The molecule has 3 aromatic heterocycles. The van der Waals surface area contributed by atoms with E-state index < -0.39 is 0 Å². The van der Waals surface area contributed by atoms with Crippen LogP contribution in [0.4, 0.5) is 16.0 Å². The first kappa shape index (κ1) is 21.4. The Morgan fingerprint density at radius 1 is 1.18 bits per heavy atom. The van der Waals surface area contributed by atoms with Gasteiger partial charge in [0.15, 0.2) is 0 Å². The van der Waals surface area contributed by atoms with Crippen molar-refractivity contribution in [2.45, 2.75) is 12.6 Å². The van der Waals surface area contributed by atoms with E-state index in [0.717, 1.165) is 36.6 Å². The summed E-state index contributed by atoms with van der Waals surface area (Å²) in [7, 11) is 3.75. The number of hydrogen-bond acceptors (Lipinski definition) is 6. The van der Waals surface area contributed by atoms with E-state index in [1.54, 1.807) is 13.2 Å². The van der Waals surface area contributed by atoms with Gasteiger partial charge in [-0.15, -0.1) is 0 Å². The molecule has 1 N–H and O–H groups in total. The highest BCUT2D eigenvalue weighted by Crippen LogP contribution is 2.28. The number of ether oxygens (including phenoxy) is 2. The average molecular weight is 448 g/mol. The van der Waals surface area contributed by atoms with Crippen LogP contribution in [-0.4, -0.2) is 46.2 Å². The van der Waals surface area contributed by atoms with Crippen molar-refractivity contribution in [2.24, 2.45) is 7.05 Å². The Bertz CT molecular complexity index is 1260. The molecule has 5 rings (SSSR count). The average Bonchev–Trinajstić information content (AvgIpc) is 3.15. The first-order valence-electron chi connectivity index (χ1n) is 10.9. The first-order chi connectivity index (χ1) is 16.1. The Kier molecular flexibility index (Phi) is 5.93. The third-order valence-corrected chi connectivity index (χ3v) is 5.91. The fraction of sp³-hybridized carbons (Fsp3) is 0.280. The second-order valence-electron chi connectivity index (χ2n) is 8.18. The number of fused-ring (bicyclic) bond motifs is 1. The number of methoxy groups -OCH3 is 1. The molecule has 7 nitrogen and oxygen atoms in total. The standard InChI is InChI=1S/C25H26FN5O2/c1-30-14-17(20-8-7-19(32-2)12-22(20)30)15-31-10-11-33-23(16-31)21-4-3-5-25(28-21)29-24-9-6-18(26)13-27-24/h3-9,12-14,23H,10-11,15-16H2,1-2H3,(H,27,28,29)/t23-/m0/s1. The lowest BCUT2D eigenvalue weighted by atomic mass is 10.1. The van der Waals surface area contributed by atoms with Crippen LogP contribution >= 0.6 is 0 Å².